The van der Waals surface area contributed by atoms with Crippen LogP contribution in [0.3, 0.4) is 0 Å². The van der Waals surface area contributed by atoms with Gasteiger partial charge < -0.3 is 5.32 Å². The van der Waals surface area contributed by atoms with Crippen LogP contribution < -0.4 is 5.32 Å². The Kier molecular flexibility index (Phi) is 6.28. The van der Waals surface area contributed by atoms with Crippen LogP contribution >= 0.6 is 23.2 Å². The highest BCUT2D eigenvalue weighted by molar-refractivity contribution is 6.31. The fraction of sp³-hybridized carbons (Fsp3) is 0.0909. The summed E-state index contributed by atoms with van der Waals surface area (Å²) in [5, 5.41) is 3.90. The third kappa shape index (κ3) is 5.19. The van der Waals surface area contributed by atoms with Crippen molar-refractivity contribution in [3.05, 3.63) is 99.5 Å². The molecule has 5 heteroatoms. The average molecular weight is 398 g/mol. The van der Waals surface area contributed by atoms with Gasteiger partial charge in [0.05, 0.1) is 5.69 Å². The molecule has 3 aromatic carbocycles. The summed E-state index contributed by atoms with van der Waals surface area (Å²) in [6.07, 6.45) is 0.837. The molecule has 0 aromatic heterocycles. The SMILES string of the molecule is O=C(CCc1cccc(Cl)c1)Nc1ccc(Cl)cc1C(=O)c1ccccc1. The molecule has 0 aliphatic rings. The van der Waals surface area contributed by atoms with E-state index in [0.717, 1.165) is 5.56 Å². The molecule has 0 spiro atoms. The fourth-order valence-electron chi connectivity index (χ4n) is 2.72. The van der Waals surface area contributed by atoms with Gasteiger partial charge in [-0.15, -0.1) is 0 Å². The molecule has 1 amide bonds. The molecule has 3 rings (SSSR count). The van der Waals surface area contributed by atoms with E-state index < -0.39 is 0 Å². The average Bonchev–Trinajstić information content (AvgIpc) is 2.68. The number of nitrogens with one attached hydrogen (secondary N) is 1. The predicted octanol–water partition coefficient (Wildman–Crippen LogP) is 5.80. The van der Waals surface area contributed by atoms with Crippen LogP contribution in [-0.2, 0) is 11.2 Å². The van der Waals surface area contributed by atoms with E-state index in [1.54, 1.807) is 48.5 Å². The van der Waals surface area contributed by atoms with Gasteiger partial charge in [0, 0.05) is 27.6 Å². The van der Waals surface area contributed by atoms with Crippen LogP contribution in [0.1, 0.15) is 27.9 Å². The van der Waals surface area contributed by atoms with E-state index in [4.69, 9.17) is 23.2 Å². The zero-order valence-corrected chi connectivity index (χ0v) is 15.9. The molecule has 0 saturated carbocycles. The van der Waals surface area contributed by atoms with Gasteiger partial charge in [-0.25, -0.2) is 0 Å². The number of hydrogen-bond acceptors (Lipinski definition) is 2. The number of carbonyl (C=O) groups excluding carboxylic acids is 2. The lowest BCUT2D eigenvalue weighted by Crippen LogP contribution is -2.15. The maximum Gasteiger partial charge on any atom is 0.224 e. The molecule has 0 bridgehead atoms. The zero-order valence-electron chi connectivity index (χ0n) is 14.4. The minimum absolute atomic E-state index is 0.181. The van der Waals surface area contributed by atoms with Crippen molar-refractivity contribution in [3.8, 4) is 0 Å². The molecule has 136 valence electrons. The molecule has 0 saturated heterocycles. The van der Waals surface area contributed by atoms with E-state index in [0.29, 0.717) is 33.3 Å². The monoisotopic (exact) mass is 397 g/mol. The smallest absolute Gasteiger partial charge is 0.224 e. The molecule has 3 nitrogen and oxygen atoms in total. The highest BCUT2D eigenvalue weighted by Crippen LogP contribution is 2.24. The predicted molar refractivity (Wildman–Crippen MR) is 110 cm³/mol. The Morgan fingerprint density at radius 1 is 0.815 bits per heavy atom. The van der Waals surface area contributed by atoms with Gasteiger partial charge in [-0.3, -0.25) is 9.59 Å². The molecule has 1 N–H and O–H groups in total. The van der Waals surface area contributed by atoms with Crippen molar-refractivity contribution in [1.29, 1.82) is 0 Å². The zero-order chi connectivity index (χ0) is 19.2. The van der Waals surface area contributed by atoms with E-state index in [9.17, 15) is 9.59 Å². The second kappa shape index (κ2) is 8.85. The molecule has 0 fully saturated rings. The van der Waals surface area contributed by atoms with Gasteiger partial charge >= 0.3 is 0 Å². The Balaban J connectivity index is 1.74. The number of amides is 1. The Morgan fingerprint density at radius 3 is 2.30 bits per heavy atom. The molecule has 0 unspecified atom stereocenters. The van der Waals surface area contributed by atoms with Crippen LogP contribution in [0.5, 0.6) is 0 Å². The van der Waals surface area contributed by atoms with Crippen LogP contribution in [0, 0.1) is 0 Å². The molecule has 0 radical (unpaired) electrons. The lowest BCUT2D eigenvalue weighted by molar-refractivity contribution is -0.116. The van der Waals surface area contributed by atoms with Gasteiger partial charge in [0.15, 0.2) is 5.78 Å². The van der Waals surface area contributed by atoms with Crippen molar-refractivity contribution in [2.75, 3.05) is 5.32 Å². The summed E-state index contributed by atoms with van der Waals surface area (Å²) in [7, 11) is 0. The summed E-state index contributed by atoms with van der Waals surface area (Å²) >= 11 is 12.0. The molecule has 27 heavy (non-hydrogen) atoms. The molecular formula is C22H17Cl2NO2. The van der Waals surface area contributed by atoms with Crippen molar-refractivity contribution < 1.29 is 9.59 Å². The number of halogens is 2. The van der Waals surface area contributed by atoms with E-state index in [-0.39, 0.29) is 18.1 Å². The van der Waals surface area contributed by atoms with Gasteiger partial charge in [-0.1, -0.05) is 65.7 Å². The molecule has 3 aromatic rings. The van der Waals surface area contributed by atoms with Crippen molar-refractivity contribution >= 4 is 40.6 Å². The number of ketones is 1. The third-order valence-electron chi connectivity index (χ3n) is 4.07. The largest absolute Gasteiger partial charge is 0.325 e. The highest BCUT2D eigenvalue weighted by Gasteiger charge is 2.16. The van der Waals surface area contributed by atoms with Crippen LogP contribution in [0.25, 0.3) is 0 Å². The Bertz CT molecular complexity index is 971. The Morgan fingerprint density at radius 2 is 1.56 bits per heavy atom. The van der Waals surface area contributed by atoms with E-state index >= 15 is 0 Å². The maximum absolute atomic E-state index is 12.8. The summed E-state index contributed by atoms with van der Waals surface area (Å²) in [6, 6.07) is 21.2. The number of anilines is 1. The molecule has 0 atom stereocenters. The van der Waals surface area contributed by atoms with Crippen LogP contribution in [0.4, 0.5) is 5.69 Å². The first-order valence-electron chi connectivity index (χ1n) is 8.46. The van der Waals surface area contributed by atoms with Gasteiger partial charge in [-0.05, 0) is 42.3 Å². The van der Waals surface area contributed by atoms with Gasteiger partial charge in [0.2, 0.25) is 5.91 Å². The summed E-state index contributed by atoms with van der Waals surface area (Å²) < 4.78 is 0. The van der Waals surface area contributed by atoms with Crippen molar-refractivity contribution in [3.63, 3.8) is 0 Å². The minimum atomic E-state index is -0.191. The number of carbonyl (C=O) groups is 2. The third-order valence-corrected chi connectivity index (χ3v) is 4.54. The van der Waals surface area contributed by atoms with Crippen LogP contribution in [-0.4, -0.2) is 11.7 Å². The van der Waals surface area contributed by atoms with Crippen LogP contribution in [0.15, 0.2) is 72.8 Å². The maximum atomic E-state index is 12.8. The van der Waals surface area contributed by atoms with E-state index in [2.05, 4.69) is 5.32 Å². The van der Waals surface area contributed by atoms with Gasteiger partial charge in [0.1, 0.15) is 0 Å². The Hall–Kier alpha value is -2.62. The normalized spacial score (nSPS) is 10.4. The van der Waals surface area contributed by atoms with E-state index in [1.165, 1.54) is 0 Å². The standard InChI is InChI=1S/C22H17Cl2NO2/c23-17-8-4-5-15(13-17)9-12-21(26)25-20-11-10-18(24)14-19(20)22(27)16-6-2-1-3-7-16/h1-8,10-11,13-14H,9,12H2,(H,25,26). The van der Waals surface area contributed by atoms with Crippen LogP contribution in [0.2, 0.25) is 10.0 Å². The molecule has 0 heterocycles. The molecule has 0 aliphatic carbocycles. The van der Waals surface area contributed by atoms with Crippen molar-refractivity contribution in [2.24, 2.45) is 0 Å². The second-order valence-electron chi connectivity index (χ2n) is 6.06. The minimum Gasteiger partial charge on any atom is -0.325 e. The number of rotatable bonds is 6. The van der Waals surface area contributed by atoms with Gasteiger partial charge in [0.25, 0.3) is 0 Å². The number of aryl methyl sites for hydroxylation is 1. The summed E-state index contributed by atoms with van der Waals surface area (Å²) in [4.78, 5) is 25.2. The topological polar surface area (TPSA) is 46.2 Å². The lowest BCUT2D eigenvalue weighted by atomic mass is 10.0. The van der Waals surface area contributed by atoms with Crippen molar-refractivity contribution in [1.82, 2.24) is 0 Å². The molecular weight excluding hydrogens is 381 g/mol. The van der Waals surface area contributed by atoms with Crippen molar-refractivity contribution in [2.45, 2.75) is 12.8 Å². The first-order chi connectivity index (χ1) is 13.0. The summed E-state index contributed by atoms with van der Waals surface area (Å²) in [5.74, 6) is -0.373. The molecule has 0 aliphatic heterocycles. The van der Waals surface area contributed by atoms with Gasteiger partial charge in [-0.2, -0.15) is 0 Å². The summed E-state index contributed by atoms with van der Waals surface area (Å²) in [6.45, 7) is 0. The number of hydrogen-bond donors (Lipinski definition) is 1. The second-order valence-corrected chi connectivity index (χ2v) is 6.94. The van der Waals surface area contributed by atoms with E-state index in [1.807, 2.05) is 24.3 Å². The first kappa shape index (κ1) is 19.2. The fourth-order valence-corrected chi connectivity index (χ4v) is 3.11. The quantitative estimate of drug-likeness (QED) is 0.534. The Labute approximate surface area is 167 Å². The first-order valence-corrected chi connectivity index (χ1v) is 9.22. The number of benzene rings is 3. The summed E-state index contributed by atoms with van der Waals surface area (Å²) in [5.41, 5.74) is 2.33. The lowest BCUT2D eigenvalue weighted by Gasteiger charge is -2.11. The highest BCUT2D eigenvalue weighted by atomic mass is 35.5.